The lowest BCUT2D eigenvalue weighted by molar-refractivity contribution is -0.138. The van der Waals surface area contributed by atoms with Crippen molar-refractivity contribution in [3.05, 3.63) is 17.7 Å². The van der Waals surface area contributed by atoms with Crippen LogP contribution in [0.25, 0.3) is 0 Å². The quantitative estimate of drug-likeness (QED) is 0.779. The average molecular weight is 335 g/mol. The number of ether oxygens (including phenoxy) is 4. The van der Waals surface area contributed by atoms with Crippen molar-refractivity contribution in [1.82, 2.24) is 4.90 Å². The van der Waals surface area contributed by atoms with Crippen LogP contribution in [0, 0.1) is 0 Å². The van der Waals surface area contributed by atoms with Crippen molar-refractivity contribution in [3.63, 3.8) is 0 Å². The summed E-state index contributed by atoms with van der Waals surface area (Å²) in [5.41, 5.74) is 0.261. The molecule has 2 aliphatic heterocycles. The van der Waals surface area contributed by atoms with Crippen molar-refractivity contribution in [2.75, 3.05) is 33.4 Å². The molecular formula is C17H21NO6. The first-order valence-corrected chi connectivity index (χ1v) is 8.07. The predicted octanol–water partition coefficient (Wildman–Crippen LogP) is 1.63. The molecule has 1 saturated heterocycles. The second-order valence-electron chi connectivity index (χ2n) is 5.78. The van der Waals surface area contributed by atoms with Crippen molar-refractivity contribution in [3.8, 4) is 17.2 Å². The molecule has 0 aliphatic carbocycles. The summed E-state index contributed by atoms with van der Waals surface area (Å²) in [6.07, 6.45) is 1.16. The Morgan fingerprint density at radius 1 is 1.17 bits per heavy atom. The van der Waals surface area contributed by atoms with E-state index < -0.39 is 12.1 Å². The standard InChI is InChI=1S/C17H21NO6/c1-11(16(19)18-5-3-4-6-18)24-17(20)12-9-13(21-2)15-14(10-12)22-7-8-23-15/h9-11H,3-8H2,1-2H3/t11-/m0/s1. The fraction of sp³-hybridized carbons (Fsp3) is 0.529. The minimum Gasteiger partial charge on any atom is -0.493 e. The van der Waals surface area contributed by atoms with E-state index in [0.29, 0.717) is 30.5 Å². The van der Waals surface area contributed by atoms with Crippen LogP contribution in [0.3, 0.4) is 0 Å². The lowest BCUT2D eigenvalue weighted by Gasteiger charge is -2.22. The molecule has 0 aromatic heterocycles. The third-order valence-corrected chi connectivity index (χ3v) is 4.11. The Morgan fingerprint density at radius 2 is 1.88 bits per heavy atom. The van der Waals surface area contributed by atoms with Gasteiger partial charge in [-0.2, -0.15) is 0 Å². The molecule has 0 unspecified atom stereocenters. The van der Waals surface area contributed by atoms with Gasteiger partial charge in [0, 0.05) is 13.1 Å². The Labute approximate surface area is 140 Å². The summed E-state index contributed by atoms with van der Waals surface area (Å²) in [6.45, 7) is 3.86. The molecule has 1 aromatic rings. The topological polar surface area (TPSA) is 74.3 Å². The van der Waals surface area contributed by atoms with Gasteiger partial charge in [0.15, 0.2) is 17.6 Å². The number of hydrogen-bond acceptors (Lipinski definition) is 6. The number of fused-ring (bicyclic) bond motifs is 1. The van der Waals surface area contributed by atoms with Gasteiger partial charge in [-0.05, 0) is 31.9 Å². The number of amides is 1. The highest BCUT2D eigenvalue weighted by molar-refractivity contribution is 5.93. The van der Waals surface area contributed by atoms with Crippen molar-refractivity contribution in [2.45, 2.75) is 25.9 Å². The predicted molar refractivity (Wildman–Crippen MR) is 84.7 cm³/mol. The summed E-state index contributed by atoms with van der Waals surface area (Å²) < 4.78 is 21.6. The first kappa shape index (κ1) is 16.4. The van der Waals surface area contributed by atoms with E-state index in [4.69, 9.17) is 18.9 Å². The van der Waals surface area contributed by atoms with Gasteiger partial charge in [0.2, 0.25) is 5.75 Å². The second kappa shape index (κ2) is 6.98. The molecule has 0 saturated carbocycles. The summed E-state index contributed by atoms with van der Waals surface area (Å²) in [7, 11) is 1.49. The molecule has 24 heavy (non-hydrogen) atoms. The Balaban J connectivity index is 1.73. The molecule has 1 fully saturated rings. The van der Waals surface area contributed by atoms with Crippen molar-refractivity contribution >= 4 is 11.9 Å². The van der Waals surface area contributed by atoms with E-state index in [1.807, 2.05) is 0 Å². The van der Waals surface area contributed by atoms with Crippen LogP contribution in [0.5, 0.6) is 17.2 Å². The molecule has 3 rings (SSSR count). The molecule has 7 heteroatoms. The normalized spacial score (nSPS) is 17.3. The van der Waals surface area contributed by atoms with Crippen molar-refractivity contribution < 1.29 is 28.5 Å². The Bertz CT molecular complexity index is 621. The van der Waals surface area contributed by atoms with Crippen molar-refractivity contribution in [1.29, 1.82) is 0 Å². The van der Waals surface area contributed by atoms with E-state index in [1.165, 1.54) is 13.2 Å². The number of rotatable bonds is 4. The van der Waals surface area contributed by atoms with E-state index in [-0.39, 0.29) is 11.5 Å². The van der Waals surface area contributed by atoms with Crippen LogP contribution in [-0.4, -0.2) is 56.3 Å². The number of benzene rings is 1. The minimum absolute atomic E-state index is 0.162. The van der Waals surface area contributed by atoms with E-state index in [0.717, 1.165) is 25.9 Å². The molecule has 7 nitrogen and oxygen atoms in total. The molecular weight excluding hydrogens is 314 g/mol. The van der Waals surface area contributed by atoms with Crippen LogP contribution in [0.1, 0.15) is 30.1 Å². The molecule has 1 aromatic carbocycles. The summed E-state index contributed by atoms with van der Waals surface area (Å²) in [6, 6.07) is 3.08. The summed E-state index contributed by atoms with van der Waals surface area (Å²) in [5.74, 6) is 0.556. The van der Waals surface area contributed by atoms with Gasteiger partial charge >= 0.3 is 5.97 Å². The molecule has 0 N–H and O–H groups in total. The molecule has 0 radical (unpaired) electrons. The number of esters is 1. The number of likely N-dealkylation sites (tertiary alicyclic amines) is 1. The highest BCUT2D eigenvalue weighted by atomic mass is 16.6. The number of carbonyl (C=O) groups is 2. The molecule has 1 amide bonds. The third kappa shape index (κ3) is 3.25. The van der Waals surface area contributed by atoms with Gasteiger partial charge in [0.1, 0.15) is 13.2 Å². The zero-order valence-corrected chi connectivity index (χ0v) is 13.9. The summed E-state index contributed by atoms with van der Waals surface area (Å²) >= 11 is 0. The monoisotopic (exact) mass is 335 g/mol. The molecule has 2 aliphatic rings. The first-order valence-electron chi connectivity index (χ1n) is 8.07. The number of nitrogens with zero attached hydrogens (tertiary/aromatic N) is 1. The molecule has 1 atom stereocenters. The van der Waals surface area contributed by atoms with Gasteiger partial charge < -0.3 is 23.8 Å². The zero-order valence-electron chi connectivity index (χ0n) is 13.9. The molecule has 130 valence electrons. The third-order valence-electron chi connectivity index (χ3n) is 4.11. The van der Waals surface area contributed by atoms with Crippen molar-refractivity contribution in [2.24, 2.45) is 0 Å². The molecule has 2 heterocycles. The zero-order chi connectivity index (χ0) is 17.1. The van der Waals surface area contributed by atoms with E-state index in [2.05, 4.69) is 0 Å². The maximum atomic E-state index is 12.4. The SMILES string of the molecule is COc1cc(C(=O)O[C@@H](C)C(=O)N2CCCC2)cc2c1OCCO2. The van der Waals surface area contributed by atoms with E-state index in [9.17, 15) is 9.59 Å². The van der Waals surface area contributed by atoms with Gasteiger partial charge in [0.05, 0.1) is 12.7 Å². The van der Waals surface area contributed by atoms with Crippen LogP contribution >= 0.6 is 0 Å². The minimum atomic E-state index is -0.824. The highest BCUT2D eigenvalue weighted by Crippen LogP contribution is 2.40. The first-order chi connectivity index (χ1) is 11.6. The van der Waals surface area contributed by atoms with Crippen LogP contribution in [0.2, 0.25) is 0 Å². The Morgan fingerprint density at radius 3 is 2.58 bits per heavy atom. The largest absolute Gasteiger partial charge is 0.493 e. The number of carbonyl (C=O) groups excluding carboxylic acids is 2. The van der Waals surface area contributed by atoms with Crippen LogP contribution in [0.15, 0.2) is 12.1 Å². The summed E-state index contributed by atoms with van der Waals surface area (Å²) in [5, 5.41) is 0. The lowest BCUT2D eigenvalue weighted by atomic mass is 10.1. The average Bonchev–Trinajstić information content (AvgIpc) is 3.14. The number of hydrogen-bond donors (Lipinski definition) is 0. The van der Waals surface area contributed by atoms with E-state index in [1.54, 1.807) is 17.9 Å². The van der Waals surface area contributed by atoms with Gasteiger partial charge in [0.25, 0.3) is 5.91 Å². The maximum absolute atomic E-state index is 12.4. The van der Waals surface area contributed by atoms with Crippen LogP contribution in [-0.2, 0) is 9.53 Å². The van der Waals surface area contributed by atoms with E-state index >= 15 is 0 Å². The highest BCUT2D eigenvalue weighted by Gasteiger charge is 2.27. The maximum Gasteiger partial charge on any atom is 0.339 e. The van der Waals surface area contributed by atoms with Crippen LogP contribution in [0.4, 0.5) is 0 Å². The van der Waals surface area contributed by atoms with Gasteiger partial charge in [-0.3, -0.25) is 4.79 Å². The second-order valence-corrected chi connectivity index (χ2v) is 5.78. The Hall–Kier alpha value is -2.44. The smallest absolute Gasteiger partial charge is 0.339 e. The van der Waals surface area contributed by atoms with Gasteiger partial charge in [-0.25, -0.2) is 4.79 Å². The molecule has 0 bridgehead atoms. The number of methoxy groups -OCH3 is 1. The van der Waals surface area contributed by atoms with Crippen LogP contribution < -0.4 is 14.2 Å². The van der Waals surface area contributed by atoms with Gasteiger partial charge in [-0.15, -0.1) is 0 Å². The fourth-order valence-electron chi connectivity index (χ4n) is 2.86. The summed E-state index contributed by atoms with van der Waals surface area (Å²) in [4.78, 5) is 26.4. The van der Waals surface area contributed by atoms with Gasteiger partial charge in [-0.1, -0.05) is 0 Å². The Kier molecular flexibility index (Phi) is 4.78. The fourth-order valence-corrected chi connectivity index (χ4v) is 2.86. The molecule has 0 spiro atoms. The lowest BCUT2D eigenvalue weighted by Crippen LogP contribution is -2.38.